The lowest BCUT2D eigenvalue weighted by atomic mass is 10.0. The lowest BCUT2D eigenvalue weighted by Crippen LogP contribution is -2.38. The van der Waals surface area contributed by atoms with E-state index in [2.05, 4.69) is 5.32 Å². The molecule has 25 heavy (non-hydrogen) atoms. The first kappa shape index (κ1) is 17.6. The second-order valence-corrected chi connectivity index (χ2v) is 6.65. The number of nitrogens with one attached hydrogen (secondary N) is 1. The maximum atomic E-state index is 12.9. The van der Waals surface area contributed by atoms with Gasteiger partial charge in [-0.15, -0.1) is 0 Å². The Hall–Kier alpha value is -2.20. The van der Waals surface area contributed by atoms with E-state index in [1.807, 2.05) is 53.4 Å². The molecule has 3 rings (SSSR count). The van der Waals surface area contributed by atoms with Crippen LogP contribution in [0.25, 0.3) is 0 Å². The molecule has 132 valence electrons. The maximum Gasteiger partial charge on any atom is 0.322 e. The number of rotatable bonds is 3. The number of urea groups is 1. The average molecular weight is 359 g/mol. The van der Waals surface area contributed by atoms with E-state index in [4.69, 9.17) is 16.3 Å². The van der Waals surface area contributed by atoms with Gasteiger partial charge in [-0.2, -0.15) is 0 Å². The summed E-state index contributed by atoms with van der Waals surface area (Å²) < 4.78 is 5.23. The van der Waals surface area contributed by atoms with Crippen molar-refractivity contribution in [2.75, 3.05) is 19.0 Å². The second kappa shape index (κ2) is 8.26. The highest BCUT2D eigenvalue weighted by atomic mass is 35.5. The number of anilines is 1. The molecule has 0 saturated carbocycles. The Kier molecular flexibility index (Phi) is 5.82. The Morgan fingerprint density at radius 2 is 2.00 bits per heavy atom. The zero-order valence-corrected chi connectivity index (χ0v) is 15.1. The highest BCUT2D eigenvalue weighted by Gasteiger charge is 2.28. The van der Waals surface area contributed by atoms with E-state index in [-0.39, 0.29) is 12.1 Å². The molecule has 1 fully saturated rings. The summed E-state index contributed by atoms with van der Waals surface area (Å²) in [5.41, 5.74) is 1.75. The molecule has 2 aromatic rings. The third kappa shape index (κ3) is 4.26. The molecule has 1 heterocycles. The van der Waals surface area contributed by atoms with E-state index in [1.54, 1.807) is 7.11 Å². The fourth-order valence-corrected chi connectivity index (χ4v) is 3.58. The summed E-state index contributed by atoms with van der Waals surface area (Å²) >= 11 is 6.41. The molecular formula is C20H23ClN2O2. The Morgan fingerprint density at radius 1 is 1.16 bits per heavy atom. The molecule has 1 atom stereocenters. The molecule has 1 saturated heterocycles. The quantitative estimate of drug-likeness (QED) is 0.787. The summed E-state index contributed by atoms with van der Waals surface area (Å²) in [4.78, 5) is 14.9. The van der Waals surface area contributed by atoms with Crippen LogP contribution < -0.4 is 10.1 Å². The number of hydrogen-bond donors (Lipinski definition) is 1. The van der Waals surface area contributed by atoms with Crippen molar-refractivity contribution in [3.05, 3.63) is 59.1 Å². The van der Waals surface area contributed by atoms with E-state index < -0.39 is 0 Å². The molecule has 0 spiro atoms. The smallest absolute Gasteiger partial charge is 0.322 e. The number of amides is 2. The SMILES string of the molecule is COc1cccc(NC(=O)N2CCCCC[C@H]2c2ccccc2Cl)c1. The zero-order valence-electron chi connectivity index (χ0n) is 14.4. The van der Waals surface area contributed by atoms with Gasteiger partial charge < -0.3 is 15.0 Å². The summed E-state index contributed by atoms with van der Waals surface area (Å²) in [5, 5.41) is 3.71. The molecule has 5 heteroatoms. The first-order valence-corrected chi connectivity index (χ1v) is 9.03. The minimum Gasteiger partial charge on any atom is -0.497 e. The number of carbonyl (C=O) groups excluding carboxylic acids is 1. The average Bonchev–Trinajstić information content (AvgIpc) is 2.88. The van der Waals surface area contributed by atoms with Crippen LogP contribution in [0.3, 0.4) is 0 Å². The monoisotopic (exact) mass is 358 g/mol. The van der Waals surface area contributed by atoms with Crippen molar-refractivity contribution < 1.29 is 9.53 Å². The predicted molar refractivity (Wildman–Crippen MR) is 101 cm³/mol. The van der Waals surface area contributed by atoms with Crippen molar-refractivity contribution in [1.29, 1.82) is 0 Å². The minimum absolute atomic E-state index is 0.00167. The minimum atomic E-state index is -0.0972. The van der Waals surface area contributed by atoms with Crippen molar-refractivity contribution in [3.8, 4) is 5.75 Å². The number of carbonyl (C=O) groups is 1. The van der Waals surface area contributed by atoms with E-state index in [0.29, 0.717) is 5.02 Å². The maximum absolute atomic E-state index is 12.9. The molecule has 2 amide bonds. The van der Waals surface area contributed by atoms with E-state index in [0.717, 1.165) is 49.2 Å². The molecule has 1 aliphatic rings. The third-order valence-corrected chi connectivity index (χ3v) is 4.94. The van der Waals surface area contributed by atoms with E-state index >= 15 is 0 Å². The fraction of sp³-hybridized carbons (Fsp3) is 0.350. The van der Waals surface area contributed by atoms with Gasteiger partial charge in [0, 0.05) is 23.3 Å². The predicted octanol–water partition coefficient (Wildman–Crippen LogP) is 5.50. The largest absolute Gasteiger partial charge is 0.497 e. The number of halogens is 1. The molecule has 0 aliphatic carbocycles. The Labute approximate surface area is 153 Å². The molecular weight excluding hydrogens is 336 g/mol. The number of likely N-dealkylation sites (tertiary alicyclic amines) is 1. The van der Waals surface area contributed by atoms with Crippen molar-refractivity contribution in [2.45, 2.75) is 31.7 Å². The Bertz CT molecular complexity index is 735. The van der Waals surface area contributed by atoms with Crippen LogP contribution in [-0.4, -0.2) is 24.6 Å². The third-order valence-electron chi connectivity index (χ3n) is 4.60. The van der Waals surface area contributed by atoms with E-state index in [9.17, 15) is 4.79 Å². The first-order valence-electron chi connectivity index (χ1n) is 8.65. The first-order chi connectivity index (χ1) is 12.2. The Morgan fingerprint density at radius 3 is 2.80 bits per heavy atom. The lowest BCUT2D eigenvalue weighted by molar-refractivity contribution is 0.189. The molecule has 4 nitrogen and oxygen atoms in total. The summed E-state index contributed by atoms with van der Waals surface area (Å²) in [5.74, 6) is 0.719. The second-order valence-electron chi connectivity index (χ2n) is 6.24. The molecule has 0 radical (unpaired) electrons. The van der Waals surface area contributed by atoms with Gasteiger partial charge in [0.1, 0.15) is 5.75 Å². The molecule has 2 aromatic carbocycles. The normalized spacial score (nSPS) is 17.7. The van der Waals surface area contributed by atoms with Gasteiger partial charge in [-0.1, -0.05) is 48.7 Å². The number of benzene rings is 2. The van der Waals surface area contributed by atoms with Crippen LogP contribution in [0.5, 0.6) is 5.75 Å². The highest BCUT2D eigenvalue weighted by Crippen LogP contribution is 2.34. The van der Waals surface area contributed by atoms with Crippen LogP contribution >= 0.6 is 11.6 Å². The standard InChI is InChI=1S/C20H23ClN2O2/c1-25-16-9-7-8-15(14-16)22-20(24)23-13-6-2-3-12-19(23)17-10-4-5-11-18(17)21/h4-5,7-11,14,19H,2-3,6,12-13H2,1H3,(H,22,24)/t19-/m0/s1. The van der Waals surface area contributed by atoms with Crippen LogP contribution in [0.4, 0.5) is 10.5 Å². The van der Waals surface area contributed by atoms with Crippen LogP contribution in [0.15, 0.2) is 48.5 Å². The number of methoxy groups -OCH3 is 1. The van der Waals surface area contributed by atoms with Gasteiger partial charge >= 0.3 is 6.03 Å². The number of hydrogen-bond acceptors (Lipinski definition) is 2. The summed E-state index contributed by atoms with van der Waals surface area (Å²) in [7, 11) is 1.61. The van der Waals surface area contributed by atoms with Crippen molar-refractivity contribution in [3.63, 3.8) is 0 Å². The summed E-state index contributed by atoms with van der Waals surface area (Å²) in [6, 6.07) is 15.1. The van der Waals surface area contributed by atoms with Gasteiger partial charge in [-0.05, 0) is 36.6 Å². The van der Waals surface area contributed by atoms with E-state index in [1.165, 1.54) is 0 Å². The topological polar surface area (TPSA) is 41.6 Å². The van der Waals surface area contributed by atoms with Crippen molar-refractivity contribution >= 4 is 23.3 Å². The van der Waals surface area contributed by atoms with Crippen LogP contribution in [0.2, 0.25) is 5.02 Å². The Balaban J connectivity index is 1.83. The van der Waals surface area contributed by atoms with Crippen molar-refractivity contribution in [1.82, 2.24) is 4.90 Å². The molecule has 0 aromatic heterocycles. The summed E-state index contributed by atoms with van der Waals surface area (Å²) in [6.45, 7) is 0.728. The molecule has 0 bridgehead atoms. The zero-order chi connectivity index (χ0) is 17.6. The highest BCUT2D eigenvalue weighted by molar-refractivity contribution is 6.31. The van der Waals surface area contributed by atoms with Gasteiger partial charge in [0.15, 0.2) is 0 Å². The van der Waals surface area contributed by atoms with Gasteiger partial charge in [0.25, 0.3) is 0 Å². The number of ether oxygens (including phenoxy) is 1. The summed E-state index contributed by atoms with van der Waals surface area (Å²) in [6.07, 6.45) is 4.16. The van der Waals surface area contributed by atoms with Gasteiger partial charge in [-0.25, -0.2) is 4.79 Å². The molecule has 1 N–H and O–H groups in total. The van der Waals surface area contributed by atoms with Crippen molar-refractivity contribution in [2.24, 2.45) is 0 Å². The van der Waals surface area contributed by atoms with Gasteiger partial charge in [-0.3, -0.25) is 0 Å². The van der Waals surface area contributed by atoms with Gasteiger partial charge in [0.2, 0.25) is 0 Å². The molecule has 1 aliphatic heterocycles. The fourth-order valence-electron chi connectivity index (χ4n) is 3.32. The van der Waals surface area contributed by atoms with Gasteiger partial charge in [0.05, 0.1) is 13.2 Å². The van der Waals surface area contributed by atoms with Crippen LogP contribution in [0, 0.1) is 0 Å². The number of nitrogens with zero attached hydrogens (tertiary/aromatic N) is 1. The van der Waals surface area contributed by atoms with Crippen LogP contribution in [0.1, 0.15) is 37.3 Å². The molecule has 0 unspecified atom stereocenters. The van der Waals surface area contributed by atoms with Crippen LogP contribution in [-0.2, 0) is 0 Å². The lowest BCUT2D eigenvalue weighted by Gasteiger charge is -2.31.